The maximum Gasteiger partial charge on any atom is 0.333 e. The average molecular weight is 285 g/mol. The molecule has 0 bridgehead atoms. The van der Waals surface area contributed by atoms with Gasteiger partial charge in [0, 0.05) is 12.0 Å². The summed E-state index contributed by atoms with van der Waals surface area (Å²) in [7, 11) is 1.11. The molecule has 0 spiro atoms. The molecule has 0 fully saturated rings. The van der Waals surface area contributed by atoms with Gasteiger partial charge in [-0.15, -0.1) is 0 Å². The second-order valence-electron chi connectivity index (χ2n) is 4.79. The van der Waals surface area contributed by atoms with Crippen LogP contribution in [0.25, 0.3) is 0 Å². The molecule has 0 aliphatic heterocycles. The lowest BCUT2D eigenvalue weighted by Gasteiger charge is -2.18. The van der Waals surface area contributed by atoms with E-state index < -0.39 is 29.6 Å². The van der Waals surface area contributed by atoms with E-state index in [0.29, 0.717) is 0 Å². The standard InChI is InChI=1S/C14H17F2NO3/c1-8(2)6-12(18)17-13(14(19)20-3)10-7-9(15)4-5-11(10)16/h4-5,7-8,13H,6H2,1-3H3,(H,17,18)/t13-/m0/s1. The van der Waals surface area contributed by atoms with Crippen molar-refractivity contribution < 1.29 is 23.1 Å². The Morgan fingerprint density at radius 3 is 2.50 bits per heavy atom. The molecule has 0 radical (unpaired) electrons. The van der Waals surface area contributed by atoms with E-state index in [-0.39, 0.29) is 17.9 Å². The molecular weight excluding hydrogens is 268 g/mol. The lowest BCUT2D eigenvalue weighted by molar-refractivity contribution is -0.145. The van der Waals surface area contributed by atoms with Crippen LogP contribution in [0.1, 0.15) is 31.9 Å². The normalized spacial score (nSPS) is 12.1. The number of methoxy groups -OCH3 is 1. The number of hydrogen-bond acceptors (Lipinski definition) is 3. The van der Waals surface area contributed by atoms with Gasteiger partial charge >= 0.3 is 5.97 Å². The van der Waals surface area contributed by atoms with Gasteiger partial charge in [0.1, 0.15) is 11.6 Å². The van der Waals surface area contributed by atoms with Gasteiger partial charge in [-0.25, -0.2) is 13.6 Å². The van der Waals surface area contributed by atoms with E-state index in [1.54, 1.807) is 0 Å². The number of nitrogens with one attached hydrogen (secondary N) is 1. The molecule has 0 heterocycles. The molecule has 0 aliphatic carbocycles. The van der Waals surface area contributed by atoms with Crippen LogP contribution in [0.2, 0.25) is 0 Å². The highest BCUT2D eigenvalue weighted by molar-refractivity contribution is 5.85. The minimum atomic E-state index is -1.36. The quantitative estimate of drug-likeness (QED) is 0.845. The van der Waals surface area contributed by atoms with Crippen LogP contribution >= 0.6 is 0 Å². The third-order valence-corrected chi connectivity index (χ3v) is 2.60. The second-order valence-corrected chi connectivity index (χ2v) is 4.79. The van der Waals surface area contributed by atoms with Crippen molar-refractivity contribution in [2.45, 2.75) is 26.3 Å². The van der Waals surface area contributed by atoms with Crippen LogP contribution in [0.4, 0.5) is 8.78 Å². The number of hydrogen-bond donors (Lipinski definition) is 1. The predicted octanol–water partition coefficient (Wildman–Crippen LogP) is 2.34. The first kappa shape index (κ1) is 16.1. The van der Waals surface area contributed by atoms with Crippen molar-refractivity contribution in [3.63, 3.8) is 0 Å². The summed E-state index contributed by atoms with van der Waals surface area (Å²) >= 11 is 0. The molecule has 0 aromatic heterocycles. The average Bonchev–Trinajstić information content (AvgIpc) is 2.37. The zero-order valence-corrected chi connectivity index (χ0v) is 11.6. The van der Waals surface area contributed by atoms with E-state index in [9.17, 15) is 18.4 Å². The smallest absolute Gasteiger partial charge is 0.333 e. The minimum absolute atomic E-state index is 0.0747. The van der Waals surface area contributed by atoms with Gasteiger partial charge in [-0.05, 0) is 24.1 Å². The Balaban J connectivity index is 3.03. The van der Waals surface area contributed by atoms with Gasteiger partial charge in [-0.1, -0.05) is 13.8 Å². The third kappa shape index (κ3) is 4.29. The van der Waals surface area contributed by atoms with E-state index >= 15 is 0 Å². The summed E-state index contributed by atoms with van der Waals surface area (Å²) in [6.45, 7) is 3.66. The summed E-state index contributed by atoms with van der Waals surface area (Å²) in [5.74, 6) is -2.70. The number of benzene rings is 1. The number of carbonyl (C=O) groups is 2. The SMILES string of the molecule is COC(=O)[C@@H](NC(=O)CC(C)C)c1cc(F)ccc1F. The van der Waals surface area contributed by atoms with Crippen molar-refractivity contribution in [2.75, 3.05) is 7.11 Å². The summed E-state index contributed by atoms with van der Waals surface area (Å²) in [6.07, 6.45) is 0.171. The molecule has 0 saturated carbocycles. The van der Waals surface area contributed by atoms with Crippen LogP contribution in [-0.2, 0) is 14.3 Å². The van der Waals surface area contributed by atoms with Crippen molar-refractivity contribution in [2.24, 2.45) is 5.92 Å². The lowest BCUT2D eigenvalue weighted by Crippen LogP contribution is -2.35. The van der Waals surface area contributed by atoms with Crippen LogP contribution in [-0.4, -0.2) is 19.0 Å². The first-order valence-electron chi connectivity index (χ1n) is 6.17. The number of carbonyl (C=O) groups excluding carboxylic acids is 2. The topological polar surface area (TPSA) is 55.4 Å². The highest BCUT2D eigenvalue weighted by atomic mass is 19.1. The Bertz CT molecular complexity index is 503. The van der Waals surface area contributed by atoms with Crippen LogP contribution in [0.3, 0.4) is 0 Å². The van der Waals surface area contributed by atoms with Gasteiger partial charge < -0.3 is 10.1 Å². The molecule has 6 heteroatoms. The van der Waals surface area contributed by atoms with Crippen LogP contribution in [0, 0.1) is 17.6 Å². The Kier molecular flexibility index (Phi) is 5.61. The molecule has 1 aromatic rings. The van der Waals surface area contributed by atoms with Crippen molar-refractivity contribution in [1.82, 2.24) is 5.32 Å². The Morgan fingerprint density at radius 1 is 1.30 bits per heavy atom. The van der Waals surface area contributed by atoms with E-state index in [4.69, 9.17) is 0 Å². The van der Waals surface area contributed by atoms with Gasteiger partial charge in [0.05, 0.1) is 7.11 Å². The number of rotatable bonds is 5. The van der Waals surface area contributed by atoms with Gasteiger partial charge in [0.25, 0.3) is 0 Å². The summed E-state index contributed by atoms with van der Waals surface area (Å²) < 4.78 is 31.4. The highest BCUT2D eigenvalue weighted by Crippen LogP contribution is 2.20. The number of ether oxygens (including phenoxy) is 1. The van der Waals surface area contributed by atoms with E-state index in [1.165, 1.54) is 0 Å². The summed E-state index contributed by atoms with van der Waals surface area (Å²) in [6, 6.07) is 1.34. The highest BCUT2D eigenvalue weighted by Gasteiger charge is 2.27. The van der Waals surface area contributed by atoms with Crippen LogP contribution in [0.5, 0.6) is 0 Å². The zero-order chi connectivity index (χ0) is 15.3. The fraction of sp³-hybridized carbons (Fsp3) is 0.429. The monoisotopic (exact) mass is 285 g/mol. The molecule has 0 aliphatic rings. The van der Waals surface area contributed by atoms with Crippen molar-refractivity contribution in [3.05, 3.63) is 35.4 Å². The number of esters is 1. The first-order valence-corrected chi connectivity index (χ1v) is 6.17. The summed E-state index contributed by atoms with van der Waals surface area (Å²) in [5, 5.41) is 2.36. The van der Waals surface area contributed by atoms with Crippen molar-refractivity contribution >= 4 is 11.9 Å². The summed E-state index contributed by atoms with van der Waals surface area (Å²) in [5.41, 5.74) is -0.256. The van der Waals surface area contributed by atoms with Gasteiger partial charge in [0.15, 0.2) is 6.04 Å². The number of amides is 1. The molecule has 110 valence electrons. The maximum atomic E-state index is 13.7. The van der Waals surface area contributed by atoms with Gasteiger partial charge in [-0.2, -0.15) is 0 Å². The Hall–Kier alpha value is -1.98. The molecule has 1 aromatic carbocycles. The summed E-state index contributed by atoms with van der Waals surface area (Å²) in [4.78, 5) is 23.4. The molecule has 1 atom stereocenters. The third-order valence-electron chi connectivity index (χ3n) is 2.60. The van der Waals surface area contributed by atoms with Crippen LogP contribution in [0.15, 0.2) is 18.2 Å². The Labute approximate surface area is 116 Å². The van der Waals surface area contributed by atoms with Gasteiger partial charge in [0.2, 0.25) is 5.91 Å². The van der Waals surface area contributed by atoms with Crippen molar-refractivity contribution in [3.8, 4) is 0 Å². The maximum absolute atomic E-state index is 13.7. The molecule has 4 nitrogen and oxygen atoms in total. The first-order chi connectivity index (χ1) is 9.35. The molecule has 1 rings (SSSR count). The largest absolute Gasteiger partial charge is 0.467 e. The fourth-order valence-corrected chi connectivity index (χ4v) is 1.71. The van der Waals surface area contributed by atoms with E-state index in [0.717, 1.165) is 25.3 Å². The molecule has 1 N–H and O–H groups in total. The molecule has 1 amide bonds. The van der Waals surface area contributed by atoms with Crippen molar-refractivity contribution in [1.29, 1.82) is 0 Å². The molecular formula is C14H17F2NO3. The number of halogens is 2. The van der Waals surface area contributed by atoms with E-state index in [1.807, 2.05) is 13.8 Å². The second kappa shape index (κ2) is 6.98. The molecule has 20 heavy (non-hydrogen) atoms. The van der Waals surface area contributed by atoms with Crippen LogP contribution < -0.4 is 5.32 Å². The molecule has 0 unspecified atom stereocenters. The predicted molar refractivity (Wildman–Crippen MR) is 68.7 cm³/mol. The van der Waals surface area contributed by atoms with E-state index in [2.05, 4.69) is 10.1 Å². The Morgan fingerprint density at radius 2 is 1.95 bits per heavy atom. The minimum Gasteiger partial charge on any atom is -0.467 e. The zero-order valence-electron chi connectivity index (χ0n) is 11.6. The lowest BCUT2D eigenvalue weighted by atomic mass is 10.0. The molecule has 0 saturated heterocycles. The van der Waals surface area contributed by atoms with Gasteiger partial charge in [-0.3, -0.25) is 4.79 Å². The fourth-order valence-electron chi connectivity index (χ4n) is 1.71.